The standard InChI is InChI=1S/C8H10ClNO2/c1-6-4-7(5-12-6)8(11)10-3-2-9/h4-5H,2-3H2,1H3,(H,10,11). The Kier molecular flexibility index (Phi) is 3.17. The van der Waals surface area contributed by atoms with Crippen molar-refractivity contribution in [1.29, 1.82) is 0 Å². The highest BCUT2D eigenvalue weighted by Crippen LogP contribution is 2.05. The minimum atomic E-state index is -0.146. The number of rotatable bonds is 3. The Morgan fingerprint density at radius 3 is 3.00 bits per heavy atom. The van der Waals surface area contributed by atoms with Gasteiger partial charge in [0.1, 0.15) is 12.0 Å². The lowest BCUT2D eigenvalue weighted by Crippen LogP contribution is -2.24. The van der Waals surface area contributed by atoms with Crippen molar-refractivity contribution in [3.05, 3.63) is 23.7 Å². The number of furan rings is 1. The minimum Gasteiger partial charge on any atom is -0.469 e. The molecular weight excluding hydrogens is 178 g/mol. The molecule has 12 heavy (non-hydrogen) atoms. The minimum absolute atomic E-state index is 0.146. The molecule has 0 unspecified atom stereocenters. The molecule has 1 aromatic heterocycles. The summed E-state index contributed by atoms with van der Waals surface area (Å²) in [4.78, 5) is 11.2. The van der Waals surface area contributed by atoms with E-state index in [0.29, 0.717) is 18.0 Å². The van der Waals surface area contributed by atoms with E-state index < -0.39 is 0 Å². The van der Waals surface area contributed by atoms with Gasteiger partial charge in [-0.2, -0.15) is 0 Å². The monoisotopic (exact) mass is 187 g/mol. The number of nitrogens with one attached hydrogen (secondary N) is 1. The second-order valence-corrected chi connectivity index (χ2v) is 2.77. The Hall–Kier alpha value is -0.960. The zero-order valence-electron chi connectivity index (χ0n) is 6.76. The maximum atomic E-state index is 11.2. The van der Waals surface area contributed by atoms with Gasteiger partial charge < -0.3 is 9.73 Å². The van der Waals surface area contributed by atoms with Crippen molar-refractivity contribution in [2.45, 2.75) is 6.92 Å². The van der Waals surface area contributed by atoms with Gasteiger partial charge in [0.2, 0.25) is 0 Å². The summed E-state index contributed by atoms with van der Waals surface area (Å²) >= 11 is 5.40. The predicted octanol–water partition coefficient (Wildman–Crippen LogP) is 1.56. The highest BCUT2D eigenvalue weighted by Gasteiger charge is 2.06. The first kappa shape index (κ1) is 9.13. The summed E-state index contributed by atoms with van der Waals surface area (Å²) in [6.07, 6.45) is 1.43. The highest BCUT2D eigenvalue weighted by atomic mass is 35.5. The molecule has 0 aromatic carbocycles. The van der Waals surface area contributed by atoms with Gasteiger partial charge in [-0.3, -0.25) is 4.79 Å². The van der Waals surface area contributed by atoms with Gasteiger partial charge in [0.15, 0.2) is 0 Å². The fraction of sp³-hybridized carbons (Fsp3) is 0.375. The molecule has 0 radical (unpaired) electrons. The van der Waals surface area contributed by atoms with Gasteiger partial charge >= 0.3 is 0 Å². The summed E-state index contributed by atoms with van der Waals surface area (Å²) in [5.74, 6) is 1.00. The highest BCUT2D eigenvalue weighted by molar-refractivity contribution is 6.18. The van der Waals surface area contributed by atoms with Crippen LogP contribution in [-0.2, 0) is 0 Å². The number of halogens is 1. The van der Waals surface area contributed by atoms with Gasteiger partial charge in [-0.25, -0.2) is 0 Å². The number of amides is 1. The van der Waals surface area contributed by atoms with Crippen LogP contribution in [0.15, 0.2) is 16.7 Å². The van der Waals surface area contributed by atoms with E-state index in [1.807, 2.05) is 0 Å². The number of carbonyl (C=O) groups is 1. The molecule has 1 aromatic rings. The fourth-order valence-electron chi connectivity index (χ4n) is 0.825. The molecule has 66 valence electrons. The molecule has 1 heterocycles. The zero-order chi connectivity index (χ0) is 8.97. The summed E-state index contributed by atoms with van der Waals surface area (Å²) in [5, 5.41) is 2.63. The summed E-state index contributed by atoms with van der Waals surface area (Å²) in [6, 6.07) is 1.68. The van der Waals surface area contributed by atoms with E-state index in [1.54, 1.807) is 13.0 Å². The third-order valence-electron chi connectivity index (χ3n) is 1.37. The molecule has 0 aliphatic carbocycles. The summed E-state index contributed by atoms with van der Waals surface area (Å²) in [6.45, 7) is 2.27. The van der Waals surface area contributed by atoms with E-state index in [2.05, 4.69) is 5.32 Å². The molecule has 0 fully saturated rings. The van der Waals surface area contributed by atoms with E-state index in [9.17, 15) is 4.79 Å². The van der Waals surface area contributed by atoms with E-state index in [1.165, 1.54) is 6.26 Å². The van der Waals surface area contributed by atoms with Crippen LogP contribution in [-0.4, -0.2) is 18.3 Å². The van der Waals surface area contributed by atoms with Crippen molar-refractivity contribution in [3.8, 4) is 0 Å². The van der Waals surface area contributed by atoms with Crippen LogP contribution in [0.25, 0.3) is 0 Å². The Morgan fingerprint density at radius 2 is 2.50 bits per heavy atom. The molecule has 1 rings (SSSR count). The lowest BCUT2D eigenvalue weighted by atomic mass is 10.3. The largest absolute Gasteiger partial charge is 0.469 e. The molecule has 0 spiro atoms. The average Bonchev–Trinajstić information content (AvgIpc) is 2.47. The molecule has 1 amide bonds. The second-order valence-electron chi connectivity index (χ2n) is 2.39. The van der Waals surface area contributed by atoms with Crippen LogP contribution in [0.1, 0.15) is 16.1 Å². The number of aryl methyl sites for hydroxylation is 1. The second kappa shape index (κ2) is 4.16. The SMILES string of the molecule is Cc1cc(C(=O)NCCCl)co1. The van der Waals surface area contributed by atoms with Crippen molar-refractivity contribution < 1.29 is 9.21 Å². The zero-order valence-corrected chi connectivity index (χ0v) is 7.52. The first-order valence-electron chi connectivity index (χ1n) is 3.63. The fourth-order valence-corrected chi connectivity index (χ4v) is 0.920. The Balaban J connectivity index is 2.53. The molecule has 0 aliphatic heterocycles. The van der Waals surface area contributed by atoms with E-state index >= 15 is 0 Å². The quantitative estimate of drug-likeness (QED) is 0.730. The molecule has 0 bridgehead atoms. The van der Waals surface area contributed by atoms with Gasteiger partial charge in [-0.1, -0.05) is 0 Å². The Morgan fingerprint density at radius 1 is 1.75 bits per heavy atom. The maximum absolute atomic E-state index is 11.2. The van der Waals surface area contributed by atoms with Gasteiger partial charge in [-0.15, -0.1) is 11.6 Å². The van der Waals surface area contributed by atoms with Crippen molar-refractivity contribution in [2.24, 2.45) is 0 Å². The Labute approximate surface area is 75.7 Å². The lowest BCUT2D eigenvalue weighted by molar-refractivity contribution is 0.0955. The molecule has 0 atom stereocenters. The van der Waals surface area contributed by atoms with Crippen LogP contribution in [0.5, 0.6) is 0 Å². The normalized spacial score (nSPS) is 9.83. The first-order chi connectivity index (χ1) is 5.74. The van der Waals surface area contributed by atoms with Crippen LogP contribution < -0.4 is 5.32 Å². The van der Waals surface area contributed by atoms with Crippen molar-refractivity contribution in [2.75, 3.05) is 12.4 Å². The predicted molar refractivity (Wildman–Crippen MR) is 46.5 cm³/mol. The van der Waals surface area contributed by atoms with Gasteiger partial charge in [0.25, 0.3) is 5.91 Å². The number of alkyl halides is 1. The number of hydrogen-bond acceptors (Lipinski definition) is 2. The van der Waals surface area contributed by atoms with Crippen LogP contribution in [0, 0.1) is 6.92 Å². The molecule has 0 saturated heterocycles. The molecular formula is C8H10ClNO2. The summed E-state index contributed by atoms with van der Waals surface area (Å²) in [5.41, 5.74) is 0.539. The van der Waals surface area contributed by atoms with Gasteiger partial charge in [0.05, 0.1) is 5.56 Å². The Bertz CT molecular complexity index is 270. The van der Waals surface area contributed by atoms with E-state index in [4.69, 9.17) is 16.0 Å². The average molecular weight is 188 g/mol. The number of carbonyl (C=O) groups excluding carboxylic acids is 1. The lowest BCUT2D eigenvalue weighted by Gasteiger charge is -1.97. The molecule has 1 N–H and O–H groups in total. The maximum Gasteiger partial charge on any atom is 0.254 e. The van der Waals surface area contributed by atoms with E-state index in [-0.39, 0.29) is 5.91 Å². The topological polar surface area (TPSA) is 42.2 Å². The van der Waals surface area contributed by atoms with Crippen molar-refractivity contribution >= 4 is 17.5 Å². The molecule has 0 aliphatic rings. The molecule has 0 saturated carbocycles. The van der Waals surface area contributed by atoms with E-state index in [0.717, 1.165) is 5.76 Å². The molecule has 3 nitrogen and oxygen atoms in total. The third-order valence-corrected chi connectivity index (χ3v) is 1.56. The summed E-state index contributed by atoms with van der Waals surface area (Å²) in [7, 11) is 0. The smallest absolute Gasteiger partial charge is 0.254 e. The summed E-state index contributed by atoms with van der Waals surface area (Å²) < 4.78 is 4.97. The van der Waals surface area contributed by atoms with Crippen LogP contribution >= 0.6 is 11.6 Å². The first-order valence-corrected chi connectivity index (χ1v) is 4.17. The van der Waals surface area contributed by atoms with Gasteiger partial charge in [0, 0.05) is 12.4 Å². The number of hydrogen-bond donors (Lipinski definition) is 1. The van der Waals surface area contributed by atoms with Gasteiger partial charge in [-0.05, 0) is 13.0 Å². The van der Waals surface area contributed by atoms with Crippen LogP contribution in [0.3, 0.4) is 0 Å². The van der Waals surface area contributed by atoms with Crippen molar-refractivity contribution in [1.82, 2.24) is 5.32 Å². The third kappa shape index (κ3) is 2.27. The molecule has 4 heteroatoms. The van der Waals surface area contributed by atoms with Crippen LogP contribution in [0.4, 0.5) is 0 Å². The van der Waals surface area contributed by atoms with Crippen molar-refractivity contribution in [3.63, 3.8) is 0 Å². The van der Waals surface area contributed by atoms with Crippen LogP contribution in [0.2, 0.25) is 0 Å².